The lowest BCUT2D eigenvalue weighted by Gasteiger charge is -2.09. The van der Waals surface area contributed by atoms with Gasteiger partial charge in [-0.1, -0.05) is 28.1 Å². The van der Waals surface area contributed by atoms with Gasteiger partial charge in [-0.3, -0.25) is 4.79 Å². The van der Waals surface area contributed by atoms with E-state index in [0.717, 1.165) is 26.9 Å². The molecule has 1 heterocycles. The number of carbonyl (C=O) groups excluding carboxylic acids is 1. The van der Waals surface area contributed by atoms with Crippen molar-refractivity contribution >= 4 is 32.6 Å². The number of benzene rings is 2. The fourth-order valence-corrected chi connectivity index (χ4v) is 3.13. The smallest absolute Gasteiger partial charge is 0.159 e. The zero-order chi connectivity index (χ0) is 15.1. The summed E-state index contributed by atoms with van der Waals surface area (Å²) in [7, 11) is 2.07. The average molecular weight is 342 g/mol. The molecule has 0 unspecified atom stereocenters. The summed E-state index contributed by atoms with van der Waals surface area (Å²) in [5.41, 5.74) is 5.40. The Kier molecular flexibility index (Phi) is 3.46. The van der Waals surface area contributed by atoms with Crippen LogP contribution in [0.3, 0.4) is 0 Å². The molecule has 0 N–H and O–H groups in total. The monoisotopic (exact) mass is 341 g/mol. The summed E-state index contributed by atoms with van der Waals surface area (Å²) >= 11 is 3.52. The second-order valence-corrected chi connectivity index (χ2v) is 6.29. The van der Waals surface area contributed by atoms with Crippen LogP contribution in [0.1, 0.15) is 22.8 Å². The minimum absolute atomic E-state index is 0.102. The minimum atomic E-state index is 0.102. The van der Waals surface area contributed by atoms with E-state index in [2.05, 4.69) is 58.7 Å². The van der Waals surface area contributed by atoms with Crippen LogP contribution in [0.25, 0.3) is 22.2 Å². The SMILES string of the molecule is CC(=O)c1ccc(-c2cc3cc(Br)ccc3n2C)c(C)c1. The van der Waals surface area contributed by atoms with Crippen LogP contribution in [0, 0.1) is 6.92 Å². The quantitative estimate of drug-likeness (QED) is 0.593. The molecule has 3 aromatic rings. The molecule has 106 valence electrons. The zero-order valence-electron chi connectivity index (χ0n) is 12.3. The van der Waals surface area contributed by atoms with Crippen LogP contribution in [-0.4, -0.2) is 10.4 Å². The highest BCUT2D eigenvalue weighted by molar-refractivity contribution is 9.10. The first kappa shape index (κ1) is 14.1. The Morgan fingerprint density at radius 3 is 2.52 bits per heavy atom. The molecule has 3 rings (SSSR count). The summed E-state index contributed by atoms with van der Waals surface area (Å²) in [6.45, 7) is 3.65. The second kappa shape index (κ2) is 5.15. The number of halogens is 1. The van der Waals surface area contributed by atoms with Crippen molar-refractivity contribution in [2.45, 2.75) is 13.8 Å². The zero-order valence-corrected chi connectivity index (χ0v) is 13.9. The summed E-state index contributed by atoms with van der Waals surface area (Å²) in [6, 6.07) is 14.4. The fraction of sp³-hybridized carbons (Fsp3) is 0.167. The van der Waals surface area contributed by atoms with Gasteiger partial charge >= 0.3 is 0 Å². The molecule has 21 heavy (non-hydrogen) atoms. The van der Waals surface area contributed by atoms with E-state index in [1.54, 1.807) is 6.92 Å². The summed E-state index contributed by atoms with van der Waals surface area (Å²) in [5, 5.41) is 1.21. The number of fused-ring (bicyclic) bond motifs is 1. The largest absolute Gasteiger partial charge is 0.344 e. The Balaban J connectivity index is 2.21. The molecule has 0 fully saturated rings. The molecule has 2 nitrogen and oxygen atoms in total. The van der Waals surface area contributed by atoms with Gasteiger partial charge in [0.05, 0.1) is 0 Å². The molecule has 0 atom stereocenters. The number of ketones is 1. The van der Waals surface area contributed by atoms with Crippen molar-refractivity contribution in [1.82, 2.24) is 4.57 Å². The van der Waals surface area contributed by atoms with Crippen LogP contribution in [0.15, 0.2) is 46.9 Å². The summed E-state index contributed by atoms with van der Waals surface area (Å²) < 4.78 is 3.27. The van der Waals surface area contributed by atoms with Crippen molar-refractivity contribution in [2.75, 3.05) is 0 Å². The number of rotatable bonds is 2. The van der Waals surface area contributed by atoms with E-state index in [1.165, 1.54) is 10.9 Å². The second-order valence-electron chi connectivity index (χ2n) is 5.38. The third kappa shape index (κ3) is 2.42. The maximum absolute atomic E-state index is 11.5. The molecule has 0 aliphatic carbocycles. The Morgan fingerprint density at radius 2 is 1.86 bits per heavy atom. The molecule has 0 radical (unpaired) electrons. The summed E-state index contributed by atoms with van der Waals surface area (Å²) in [5.74, 6) is 0.102. The lowest BCUT2D eigenvalue weighted by Crippen LogP contribution is -1.96. The highest BCUT2D eigenvalue weighted by Gasteiger charge is 2.11. The van der Waals surface area contributed by atoms with Crippen molar-refractivity contribution < 1.29 is 4.79 Å². The maximum atomic E-state index is 11.5. The van der Waals surface area contributed by atoms with Crippen molar-refractivity contribution in [3.05, 3.63) is 58.1 Å². The minimum Gasteiger partial charge on any atom is -0.344 e. The van der Waals surface area contributed by atoms with E-state index in [0.29, 0.717) is 0 Å². The van der Waals surface area contributed by atoms with Gasteiger partial charge in [-0.25, -0.2) is 0 Å². The lowest BCUT2D eigenvalue weighted by molar-refractivity contribution is 0.101. The van der Waals surface area contributed by atoms with Crippen LogP contribution in [0.5, 0.6) is 0 Å². The van der Waals surface area contributed by atoms with E-state index < -0.39 is 0 Å². The highest BCUT2D eigenvalue weighted by atomic mass is 79.9. The first-order valence-electron chi connectivity index (χ1n) is 6.84. The van der Waals surface area contributed by atoms with Crippen LogP contribution >= 0.6 is 15.9 Å². The number of aromatic nitrogens is 1. The molecule has 0 amide bonds. The third-order valence-electron chi connectivity index (χ3n) is 3.91. The van der Waals surface area contributed by atoms with Gasteiger partial charge in [-0.2, -0.15) is 0 Å². The molecule has 1 aromatic heterocycles. The molecule has 2 aromatic carbocycles. The summed E-state index contributed by atoms with van der Waals surface area (Å²) in [6.07, 6.45) is 0. The van der Waals surface area contributed by atoms with Gasteiger partial charge in [0.15, 0.2) is 5.78 Å². The molecule has 0 saturated carbocycles. The number of carbonyl (C=O) groups is 1. The topological polar surface area (TPSA) is 22.0 Å². The lowest BCUT2D eigenvalue weighted by atomic mass is 10.0. The van der Waals surface area contributed by atoms with E-state index >= 15 is 0 Å². The van der Waals surface area contributed by atoms with Gasteiger partial charge < -0.3 is 4.57 Å². The standard InChI is InChI=1S/C18H16BrNO/c1-11-8-13(12(2)21)4-6-16(11)18-10-14-9-15(19)5-7-17(14)20(18)3/h4-10H,1-3H3. The van der Waals surface area contributed by atoms with E-state index in [4.69, 9.17) is 0 Å². The number of hydrogen-bond acceptors (Lipinski definition) is 1. The fourth-order valence-electron chi connectivity index (χ4n) is 2.75. The molecular weight excluding hydrogens is 326 g/mol. The predicted molar refractivity (Wildman–Crippen MR) is 90.8 cm³/mol. The van der Waals surface area contributed by atoms with Gasteiger partial charge in [0, 0.05) is 39.2 Å². The van der Waals surface area contributed by atoms with E-state index in [1.807, 2.05) is 18.2 Å². The molecule has 0 aliphatic heterocycles. The van der Waals surface area contributed by atoms with Crippen LogP contribution in [-0.2, 0) is 7.05 Å². The van der Waals surface area contributed by atoms with Crippen molar-refractivity contribution in [3.8, 4) is 11.3 Å². The predicted octanol–water partition coefficient (Wildman–Crippen LogP) is 5.12. The van der Waals surface area contributed by atoms with Crippen LogP contribution < -0.4 is 0 Å². The maximum Gasteiger partial charge on any atom is 0.159 e. The van der Waals surface area contributed by atoms with Crippen LogP contribution in [0.4, 0.5) is 0 Å². The Labute approximate surface area is 132 Å². The first-order chi connectivity index (χ1) is 9.97. The highest BCUT2D eigenvalue weighted by Crippen LogP contribution is 2.31. The first-order valence-corrected chi connectivity index (χ1v) is 7.63. The number of Topliss-reactive ketones (excluding diaryl/α,β-unsaturated/α-hetero) is 1. The van der Waals surface area contributed by atoms with Gasteiger partial charge in [-0.15, -0.1) is 0 Å². The van der Waals surface area contributed by atoms with Gasteiger partial charge in [0.25, 0.3) is 0 Å². The van der Waals surface area contributed by atoms with Gasteiger partial charge in [0.1, 0.15) is 0 Å². The number of hydrogen-bond donors (Lipinski definition) is 0. The Bertz CT molecular complexity index is 861. The van der Waals surface area contributed by atoms with Gasteiger partial charge in [0.2, 0.25) is 0 Å². The molecule has 0 spiro atoms. The molecule has 0 saturated heterocycles. The van der Waals surface area contributed by atoms with Gasteiger partial charge in [-0.05, 0) is 49.7 Å². The molecule has 3 heteroatoms. The van der Waals surface area contributed by atoms with Crippen LogP contribution in [0.2, 0.25) is 0 Å². The summed E-state index contributed by atoms with van der Waals surface area (Å²) in [4.78, 5) is 11.5. The molecule has 0 bridgehead atoms. The Morgan fingerprint density at radius 1 is 1.10 bits per heavy atom. The molecule has 0 aliphatic rings. The number of nitrogens with zero attached hydrogens (tertiary/aromatic N) is 1. The Hall–Kier alpha value is -1.87. The third-order valence-corrected chi connectivity index (χ3v) is 4.41. The van der Waals surface area contributed by atoms with Crippen molar-refractivity contribution in [2.24, 2.45) is 7.05 Å². The normalized spacial score (nSPS) is 11.0. The van der Waals surface area contributed by atoms with Crippen molar-refractivity contribution in [3.63, 3.8) is 0 Å². The number of aryl methyl sites for hydroxylation is 2. The van der Waals surface area contributed by atoms with E-state index in [9.17, 15) is 4.79 Å². The van der Waals surface area contributed by atoms with E-state index in [-0.39, 0.29) is 5.78 Å². The van der Waals surface area contributed by atoms with Crippen molar-refractivity contribution in [1.29, 1.82) is 0 Å². The average Bonchev–Trinajstić information content (AvgIpc) is 2.75. The molecular formula is C18H16BrNO.